The van der Waals surface area contributed by atoms with Crippen molar-refractivity contribution in [3.05, 3.63) is 28.3 Å². The highest BCUT2D eigenvalue weighted by atomic mass is 16.6. The molecule has 1 aromatic rings. The molecule has 1 spiro atoms. The summed E-state index contributed by atoms with van der Waals surface area (Å²) in [7, 11) is 0. The van der Waals surface area contributed by atoms with Crippen LogP contribution in [-0.2, 0) is 4.74 Å². The summed E-state index contributed by atoms with van der Waals surface area (Å²) in [6.07, 6.45) is 2.07. The zero-order valence-corrected chi connectivity index (χ0v) is 12.2. The van der Waals surface area contributed by atoms with Crippen molar-refractivity contribution < 1.29 is 14.4 Å². The lowest BCUT2D eigenvalue weighted by Crippen LogP contribution is -2.27. The Hall–Kier alpha value is -1.82. The van der Waals surface area contributed by atoms with Crippen LogP contribution in [0.3, 0.4) is 0 Å². The van der Waals surface area contributed by atoms with Crippen molar-refractivity contribution in [3.8, 4) is 5.75 Å². The lowest BCUT2D eigenvalue weighted by molar-refractivity contribution is -0.385. The first kappa shape index (κ1) is 14.1. The van der Waals surface area contributed by atoms with Gasteiger partial charge in [0.1, 0.15) is 5.69 Å². The highest BCUT2D eigenvalue weighted by molar-refractivity contribution is 5.70. The molecule has 2 heterocycles. The monoisotopic (exact) mass is 292 g/mol. The molecule has 0 saturated carbocycles. The maximum atomic E-state index is 11.5. The molecule has 2 saturated heterocycles. The van der Waals surface area contributed by atoms with Crippen LogP contribution in [-0.4, -0.2) is 37.8 Å². The van der Waals surface area contributed by atoms with Crippen LogP contribution in [0.2, 0.25) is 0 Å². The Morgan fingerprint density at radius 3 is 3.00 bits per heavy atom. The van der Waals surface area contributed by atoms with E-state index in [0.29, 0.717) is 18.0 Å². The second-order valence-electron chi connectivity index (χ2n) is 5.79. The molecule has 2 aliphatic heterocycles. The van der Waals surface area contributed by atoms with E-state index in [1.165, 1.54) is 0 Å². The number of benzene rings is 1. The summed E-state index contributed by atoms with van der Waals surface area (Å²) in [4.78, 5) is 13.2. The summed E-state index contributed by atoms with van der Waals surface area (Å²) in [5, 5.41) is 11.5. The predicted molar refractivity (Wildman–Crippen MR) is 79.0 cm³/mol. The largest absolute Gasteiger partial charge is 0.487 e. The first-order chi connectivity index (χ1) is 10.2. The smallest absolute Gasteiger partial charge is 0.333 e. The van der Waals surface area contributed by atoms with E-state index in [9.17, 15) is 10.1 Å². The molecule has 0 bridgehead atoms. The van der Waals surface area contributed by atoms with E-state index in [-0.39, 0.29) is 16.0 Å². The molecule has 0 amide bonds. The van der Waals surface area contributed by atoms with E-state index >= 15 is 0 Å². The summed E-state index contributed by atoms with van der Waals surface area (Å²) in [5.74, 6) is 0.351. The van der Waals surface area contributed by atoms with Gasteiger partial charge in [-0.05, 0) is 31.9 Å². The normalized spacial score (nSPS) is 24.7. The van der Waals surface area contributed by atoms with Crippen LogP contribution in [0.1, 0.15) is 19.8 Å². The van der Waals surface area contributed by atoms with Gasteiger partial charge in [-0.1, -0.05) is 6.07 Å². The predicted octanol–water partition coefficient (Wildman–Crippen LogP) is 2.61. The Kier molecular flexibility index (Phi) is 3.71. The summed E-state index contributed by atoms with van der Waals surface area (Å²) >= 11 is 0. The van der Waals surface area contributed by atoms with Gasteiger partial charge < -0.3 is 14.4 Å². The minimum absolute atomic E-state index is 0.0790. The molecule has 0 aliphatic carbocycles. The summed E-state index contributed by atoms with van der Waals surface area (Å²) in [6, 6.07) is 5.30. The number of nitrogens with zero attached hydrogens (tertiary/aromatic N) is 2. The molecule has 6 nitrogen and oxygen atoms in total. The van der Waals surface area contributed by atoms with E-state index in [1.807, 2.05) is 19.1 Å². The summed E-state index contributed by atoms with van der Waals surface area (Å²) in [5.41, 5.74) is 0.917. The number of para-hydroxylation sites is 1. The fourth-order valence-electron chi connectivity index (χ4n) is 3.33. The van der Waals surface area contributed by atoms with Crippen LogP contribution >= 0.6 is 0 Å². The van der Waals surface area contributed by atoms with Crippen LogP contribution in [0, 0.1) is 15.5 Å². The van der Waals surface area contributed by atoms with Crippen LogP contribution in [0.25, 0.3) is 0 Å². The second-order valence-corrected chi connectivity index (χ2v) is 5.79. The molecule has 21 heavy (non-hydrogen) atoms. The van der Waals surface area contributed by atoms with Gasteiger partial charge in [0, 0.05) is 25.1 Å². The van der Waals surface area contributed by atoms with E-state index in [1.54, 1.807) is 6.07 Å². The van der Waals surface area contributed by atoms with Crippen molar-refractivity contribution in [2.45, 2.75) is 19.8 Å². The molecule has 114 valence electrons. The van der Waals surface area contributed by atoms with E-state index in [2.05, 4.69) is 4.90 Å². The van der Waals surface area contributed by atoms with Gasteiger partial charge in [-0.2, -0.15) is 0 Å². The number of nitro groups is 1. The zero-order valence-electron chi connectivity index (χ0n) is 12.2. The molecular weight excluding hydrogens is 272 g/mol. The highest BCUT2D eigenvalue weighted by Gasteiger charge is 2.43. The second kappa shape index (κ2) is 5.52. The lowest BCUT2D eigenvalue weighted by atomic mass is 9.87. The van der Waals surface area contributed by atoms with Gasteiger partial charge >= 0.3 is 5.69 Å². The Bertz CT molecular complexity index is 540. The SMILES string of the molecule is CCOc1cccc(N2CC[C@]3(CCOC3)C2)c1[N+](=O)[O-]. The van der Waals surface area contributed by atoms with Crippen molar-refractivity contribution in [2.75, 3.05) is 37.8 Å². The number of anilines is 1. The lowest BCUT2D eigenvalue weighted by Gasteiger charge is -2.23. The molecule has 3 rings (SSSR count). The first-order valence-corrected chi connectivity index (χ1v) is 7.38. The summed E-state index contributed by atoms with van der Waals surface area (Å²) < 4.78 is 10.9. The molecule has 0 N–H and O–H groups in total. The Balaban J connectivity index is 1.91. The Labute approximate surface area is 123 Å². The third kappa shape index (κ3) is 2.55. The summed E-state index contributed by atoms with van der Waals surface area (Å²) in [6.45, 7) is 5.47. The molecular formula is C15H20N2O4. The topological polar surface area (TPSA) is 64.8 Å². The molecule has 6 heteroatoms. The third-order valence-corrected chi connectivity index (χ3v) is 4.42. The molecule has 2 fully saturated rings. The molecule has 1 atom stereocenters. The van der Waals surface area contributed by atoms with Crippen LogP contribution in [0.15, 0.2) is 18.2 Å². The van der Waals surface area contributed by atoms with E-state index < -0.39 is 0 Å². The van der Waals surface area contributed by atoms with E-state index in [0.717, 1.165) is 39.1 Å². The van der Waals surface area contributed by atoms with Gasteiger partial charge in [0.05, 0.1) is 18.1 Å². The van der Waals surface area contributed by atoms with Gasteiger partial charge in [0.2, 0.25) is 0 Å². The van der Waals surface area contributed by atoms with E-state index in [4.69, 9.17) is 9.47 Å². The first-order valence-electron chi connectivity index (χ1n) is 7.38. The molecule has 0 radical (unpaired) electrons. The van der Waals surface area contributed by atoms with Crippen LogP contribution < -0.4 is 9.64 Å². The zero-order chi connectivity index (χ0) is 14.9. The van der Waals surface area contributed by atoms with Gasteiger partial charge in [0.25, 0.3) is 0 Å². The standard InChI is InChI=1S/C15H20N2O4/c1-2-21-13-5-3-4-12(14(13)17(18)19)16-8-6-15(10-16)7-9-20-11-15/h3-5H,2,6-11H2,1H3/t15-/m0/s1. The minimum atomic E-state index is -0.337. The Morgan fingerprint density at radius 2 is 2.33 bits per heavy atom. The fourth-order valence-corrected chi connectivity index (χ4v) is 3.33. The molecule has 2 aliphatic rings. The average Bonchev–Trinajstić information content (AvgIpc) is 3.09. The number of hydrogen-bond acceptors (Lipinski definition) is 5. The maximum absolute atomic E-state index is 11.5. The van der Waals surface area contributed by atoms with Gasteiger partial charge in [0.15, 0.2) is 5.75 Å². The minimum Gasteiger partial charge on any atom is -0.487 e. The molecule has 1 aromatic carbocycles. The van der Waals surface area contributed by atoms with Crippen molar-refractivity contribution in [3.63, 3.8) is 0 Å². The number of nitro benzene ring substituents is 1. The van der Waals surface area contributed by atoms with Gasteiger partial charge in [-0.25, -0.2) is 0 Å². The van der Waals surface area contributed by atoms with Crippen LogP contribution in [0.5, 0.6) is 5.75 Å². The Morgan fingerprint density at radius 1 is 1.48 bits per heavy atom. The maximum Gasteiger partial charge on any atom is 0.333 e. The van der Waals surface area contributed by atoms with Crippen LogP contribution in [0.4, 0.5) is 11.4 Å². The number of rotatable bonds is 4. The molecule has 0 aromatic heterocycles. The quantitative estimate of drug-likeness (QED) is 0.630. The fraction of sp³-hybridized carbons (Fsp3) is 0.600. The van der Waals surface area contributed by atoms with Crippen molar-refractivity contribution in [1.29, 1.82) is 0 Å². The third-order valence-electron chi connectivity index (χ3n) is 4.42. The van der Waals surface area contributed by atoms with Gasteiger partial charge in [-0.3, -0.25) is 10.1 Å². The molecule has 0 unspecified atom stereocenters. The van der Waals surface area contributed by atoms with Gasteiger partial charge in [-0.15, -0.1) is 0 Å². The number of hydrogen-bond donors (Lipinski definition) is 0. The number of ether oxygens (including phenoxy) is 2. The average molecular weight is 292 g/mol. The highest BCUT2D eigenvalue weighted by Crippen LogP contribution is 2.44. The van der Waals surface area contributed by atoms with Crippen molar-refractivity contribution >= 4 is 11.4 Å². The van der Waals surface area contributed by atoms with Crippen molar-refractivity contribution in [2.24, 2.45) is 5.41 Å². The van der Waals surface area contributed by atoms with Crippen molar-refractivity contribution in [1.82, 2.24) is 0 Å².